The fourth-order valence-corrected chi connectivity index (χ4v) is 4.50. The number of ether oxygens (including phenoxy) is 1. The molecule has 2 aliphatic rings. The van der Waals surface area contributed by atoms with E-state index in [1.165, 1.54) is 23.4 Å². The van der Waals surface area contributed by atoms with Gasteiger partial charge < -0.3 is 10.1 Å². The van der Waals surface area contributed by atoms with Crippen LogP contribution in [0.2, 0.25) is 0 Å². The van der Waals surface area contributed by atoms with Crippen molar-refractivity contribution in [2.24, 2.45) is 5.92 Å². The molecular formula is C22H25N5OS. The summed E-state index contributed by atoms with van der Waals surface area (Å²) >= 11 is 1.73. The highest BCUT2D eigenvalue weighted by Gasteiger charge is 2.40. The zero-order chi connectivity index (χ0) is 19.8. The van der Waals surface area contributed by atoms with Crippen molar-refractivity contribution in [1.82, 2.24) is 19.9 Å². The van der Waals surface area contributed by atoms with Crippen LogP contribution in [0.3, 0.4) is 0 Å². The van der Waals surface area contributed by atoms with Gasteiger partial charge in [0.15, 0.2) is 0 Å². The zero-order valence-corrected chi connectivity index (χ0v) is 17.6. The summed E-state index contributed by atoms with van der Waals surface area (Å²) in [5.41, 5.74) is 2.25. The molecule has 0 aliphatic heterocycles. The predicted molar refractivity (Wildman–Crippen MR) is 114 cm³/mol. The van der Waals surface area contributed by atoms with Gasteiger partial charge in [0.05, 0.1) is 23.9 Å². The Kier molecular flexibility index (Phi) is 4.91. The third-order valence-corrected chi connectivity index (χ3v) is 6.60. The van der Waals surface area contributed by atoms with Crippen molar-refractivity contribution in [1.29, 1.82) is 0 Å². The molecule has 2 aliphatic carbocycles. The highest BCUT2D eigenvalue weighted by molar-refractivity contribution is 7.11. The molecule has 5 rings (SSSR count). The number of hydrogen-bond donors (Lipinski definition) is 1. The van der Waals surface area contributed by atoms with Crippen molar-refractivity contribution in [2.75, 3.05) is 11.9 Å². The van der Waals surface area contributed by atoms with Gasteiger partial charge in [0, 0.05) is 40.6 Å². The van der Waals surface area contributed by atoms with Gasteiger partial charge in [-0.15, -0.1) is 11.3 Å². The lowest BCUT2D eigenvalue weighted by atomic mass is 10.2. The van der Waals surface area contributed by atoms with E-state index < -0.39 is 0 Å². The molecule has 0 radical (unpaired) electrons. The maximum Gasteiger partial charge on any atom is 0.218 e. The summed E-state index contributed by atoms with van der Waals surface area (Å²) in [5, 5.41) is 4.54. The molecule has 29 heavy (non-hydrogen) atoms. The quantitative estimate of drug-likeness (QED) is 0.587. The molecular weight excluding hydrogens is 382 g/mol. The van der Waals surface area contributed by atoms with Crippen molar-refractivity contribution in [3.8, 4) is 5.88 Å². The molecule has 0 amide bonds. The lowest BCUT2D eigenvalue weighted by molar-refractivity contribution is 0.284. The van der Waals surface area contributed by atoms with Crippen molar-refractivity contribution < 1.29 is 4.74 Å². The van der Waals surface area contributed by atoms with Gasteiger partial charge in [0.2, 0.25) is 5.88 Å². The van der Waals surface area contributed by atoms with Gasteiger partial charge in [-0.1, -0.05) is 6.07 Å². The van der Waals surface area contributed by atoms with Gasteiger partial charge in [0.1, 0.15) is 11.6 Å². The predicted octanol–water partition coefficient (Wildman–Crippen LogP) is 4.62. The maximum absolute atomic E-state index is 6.09. The first-order chi connectivity index (χ1) is 14.2. The standard InChI is InChI=1S/C22H25N5OS/c1-13-19(29-14(2)25-13)11-24-20-10-21(27-22(26-20)15-6-7-15)28-12-16-9-17(16)18-5-3-4-8-23-18/h3-5,8,10,15-17H,6-7,9,11-12H2,1-2H3,(H,24,26,27)/t16-,17?/m1/s1. The van der Waals surface area contributed by atoms with E-state index in [1.54, 1.807) is 11.3 Å². The second kappa shape index (κ2) is 7.71. The van der Waals surface area contributed by atoms with Crippen molar-refractivity contribution in [3.63, 3.8) is 0 Å². The molecule has 2 atom stereocenters. The molecule has 0 bridgehead atoms. The molecule has 3 aromatic heterocycles. The summed E-state index contributed by atoms with van der Waals surface area (Å²) in [6, 6.07) is 8.04. The molecule has 0 saturated heterocycles. The Balaban J connectivity index is 1.24. The highest BCUT2D eigenvalue weighted by Crippen LogP contribution is 2.46. The van der Waals surface area contributed by atoms with Crippen LogP contribution in [-0.4, -0.2) is 26.5 Å². The molecule has 150 valence electrons. The molecule has 1 unspecified atom stereocenters. The summed E-state index contributed by atoms with van der Waals surface area (Å²) in [4.78, 5) is 19.6. The van der Waals surface area contributed by atoms with E-state index in [4.69, 9.17) is 9.72 Å². The molecule has 1 N–H and O–H groups in total. The van der Waals surface area contributed by atoms with Crippen LogP contribution in [0.25, 0.3) is 0 Å². The van der Waals surface area contributed by atoms with Gasteiger partial charge in [-0.05, 0) is 45.2 Å². The van der Waals surface area contributed by atoms with Gasteiger partial charge >= 0.3 is 0 Å². The first-order valence-corrected chi connectivity index (χ1v) is 11.1. The van der Waals surface area contributed by atoms with Crippen LogP contribution in [0.5, 0.6) is 5.88 Å². The number of aryl methyl sites for hydroxylation is 2. The second-order valence-corrected chi connectivity index (χ2v) is 9.27. The number of pyridine rings is 1. The van der Waals surface area contributed by atoms with Crippen LogP contribution in [0, 0.1) is 19.8 Å². The molecule has 6 nitrogen and oxygen atoms in total. The van der Waals surface area contributed by atoms with Crippen LogP contribution in [0.1, 0.15) is 58.2 Å². The fraction of sp³-hybridized carbons (Fsp3) is 0.455. The number of aromatic nitrogens is 4. The smallest absolute Gasteiger partial charge is 0.218 e. The number of nitrogens with one attached hydrogen (secondary N) is 1. The summed E-state index contributed by atoms with van der Waals surface area (Å²) in [5.74, 6) is 3.92. The summed E-state index contributed by atoms with van der Waals surface area (Å²) in [6.07, 6.45) is 5.33. The minimum atomic E-state index is 0.480. The molecule has 2 saturated carbocycles. The number of hydrogen-bond acceptors (Lipinski definition) is 7. The molecule has 0 aromatic carbocycles. The van der Waals surface area contributed by atoms with Crippen LogP contribution in [0.4, 0.5) is 5.82 Å². The summed E-state index contributed by atoms with van der Waals surface area (Å²) in [6.45, 7) is 5.49. The van der Waals surface area contributed by atoms with Crippen LogP contribution < -0.4 is 10.1 Å². The lowest BCUT2D eigenvalue weighted by Crippen LogP contribution is -2.08. The molecule has 2 fully saturated rings. The third kappa shape index (κ3) is 4.40. The first kappa shape index (κ1) is 18.5. The summed E-state index contributed by atoms with van der Waals surface area (Å²) in [7, 11) is 0. The van der Waals surface area contributed by atoms with Crippen LogP contribution >= 0.6 is 11.3 Å². The van der Waals surface area contributed by atoms with E-state index in [-0.39, 0.29) is 0 Å². The van der Waals surface area contributed by atoms with Gasteiger partial charge in [0.25, 0.3) is 0 Å². The average Bonchev–Trinajstić information content (AvgIpc) is 3.64. The zero-order valence-electron chi connectivity index (χ0n) is 16.8. The fourth-order valence-electron chi connectivity index (χ4n) is 3.62. The van der Waals surface area contributed by atoms with Crippen LogP contribution in [0.15, 0.2) is 30.5 Å². The second-order valence-electron chi connectivity index (χ2n) is 7.99. The Bertz CT molecular complexity index is 1000. The summed E-state index contributed by atoms with van der Waals surface area (Å²) < 4.78 is 6.09. The van der Waals surface area contributed by atoms with Gasteiger partial charge in [-0.2, -0.15) is 4.98 Å². The molecule has 7 heteroatoms. The topological polar surface area (TPSA) is 72.8 Å². The first-order valence-electron chi connectivity index (χ1n) is 10.2. The number of thiazole rings is 1. The van der Waals surface area contributed by atoms with Crippen LogP contribution in [-0.2, 0) is 6.54 Å². The lowest BCUT2D eigenvalue weighted by Gasteiger charge is -2.11. The van der Waals surface area contributed by atoms with E-state index in [1.807, 2.05) is 25.3 Å². The minimum absolute atomic E-state index is 0.480. The van der Waals surface area contributed by atoms with Crippen molar-refractivity contribution in [2.45, 2.75) is 51.5 Å². The Morgan fingerprint density at radius 3 is 2.79 bits per heavy atom. The molecule has 0 spiro atoms. The number of nitrogens with zero attached hydrogens (tertiary/aromatic N) is 4. The largest absolute Gasteiger partial charge is 0.477 e. The van der Waals surface area contributed by atoms with E-state index in [2.05, 4.69) is 39.3 Å². The molecule has 3 aromatic rings. The van der Waals surface area contributed by atoms with Gasteiger partial charge in [-0.25, -0.2) is 9.97 Å². The van der Waals surface area contributed by atoms with E-state index in [0.717, 1.165) is 35.3 Å². The maximum atomic E-state index is 6.09. The number of rotatable bonds is 8. The highest BCUT2D eigenvalue weighted by atomic mass is 32.1. The Morgan fingerprint density at radius 1 is 1.17 bits per heavy atom. The monoisotopic (exact) mass is 407 g/mol. The minimum Gasteiger partial charge on any atom is -0.477 e. The Morgan fingerprint density at radius 2 is 2.07 bits per heavy atom. The van der Waals surface area contributed by atoms with Gasteiger partial charge in [-0.3, -0.25) is 4.98 Å². The van der Waals surface area contributed by atoms with Crippen molar-refractivity contribution >= 4 is 17.2 Å². The van der Waals surface area contributed by atoms with E-state index >= 15 is 0 Å². The van der Waals surface area contributed by atoms with Crippen molar-refractivity contribution in [3.05, 3.63) is 57.6 Å². The number of anilines is 1. The Hall–Kier alpha value is -2.54. The van der Waals surface area contributed by atoms with E-state index in [9.17, 15) is 0 Å². The average molecular weight is 408 g/mol. The molecule has 3 heterocycles. The Labute approximate surface area is 174 Å². The normalized spacial score (nSPS) is 20.5. The SMILES string of the molecule is Cc1nc(C)c(CNc2cc(OC[C@H]3CC3c3ccccn3)nc(C3CC3)n2)s1. The van der Waals surface area contributed by atoms with E-state index in [0.29, 0.717) is 30.2 Å². The third-order valence-electron chi connectivity index (χ3n) is 5.53.